The largest absolute Gasteiger partial charge is 0.323 e. The number of alkyl halides is 2. The van der Waals surface area contributed by atoms with Gasteiger partial charge in [0.2, 0.25) is 0 Å². The third kappa shape index (κ3) is 3.26. The van der Waals surface area contributed by atoms with Gasteiger partial charge in [-0.3, -0.25) is 0 Å². The van der Waals surface area contributed by atoms with Gasteiger partial charge in [0.25, 0.3) is 6.43 Å². The number of benzene rings is 1. The zero-order valence-electron chi connectivity index (χ0n) is 7.75. The molecule has 0 aliphatic rings. The molecule has 1 rings (SSSR count). The van der Waals surface area contributed by atoms with Gasteiger partial charge in [0.05, 0.1) is 17.7 Å². The highest BCUT2D eigenvalue weighted by Crippen LogP contribution is 2.20. The highest BCUT2D eigenvalue weighted by molar-refractivity contribution is 9.10. The molecule has 0 aliphatic heterocycles. The van der Waals surface area contributed by atoms with Crippen LogP contribution in [0.4, 0.5) is 8.78 Å². The van der Waals surface area contributed by atoms with E-state index in [1.165, 1.54) is 0 Å². The van der Waals surface area contributed by atoms with E-state index in [-0.39, 0.29) is 6.42 Å². The maximum Gasteiger partial charge on any atom is 0.253 e. The van der Waals surface area contributed by atoms with Crippen LogP contribution in [0.5, 0.6) is 0 Å². The van der Waals surface area contributed by atoms with E-state index in [9.17, 15) is 8.78 Å². The van der Waals surface area contributed by atoms with Crippen LogP contribution in [-0.2, 0) is 6.42 Å². The predicted octanol–water partition coefficient (Wildman–Crippen LogP) is 2.46. The third-order valence-corrected chi connectivity index (χ3v) is 2.73. The van der Waals surface area contributed by atoms with Gasteiger partial charge in [0.15, 0.2) is 0 Å². The van der Waals surface area contributed by atoms with Gasteiger partial charge >= 0.3 is 0 Å². The molecule has 1 unspecified atom stereocenters. The fraction of sp³-hybridized carbons (Fsp3) is 0.300. The van der Waals surface area contributed by atoms with Gasteiger partial charge in [-0.1, -0.05) is 15.9 Å². The van der Waals surface area contributed by atoms with Crippen LogP contribution in [0.2, 0.25) is 0 Å². The molecule has 15 heavy (non-hydrogen) atoms. The molecule has 0 fully saturated rings. The van der Waals surface area contributed by atoms with E-state index < -0.39 is 12.5 Å². The van der Waals surface area contributed by atoms with Crippen LogP contribution in [0.1, 0.15) is 11.1 Å². The van der Waals surface area contributed by atoms with E-state index in [1.807, 2.05) is 6.07 Å². The van der Waals surface area contributed by atoms with E-state index in [4.69, 9.17) is 11.0 Å². The minimum absolute atomic E-state index is 0.0494. The minimum atomic E-state index is -2.55. The lowest BCUT2D eigenvalue weighted by Crippen LogP contribution is -2.31. The molecule has 0 saturated heterocycles. The average Bonchev–Trinajstić information content (AvgIpc) is 2.21. The lowest BCUT2D eigenvalue weighted by molar-refractivity contribution is 0.116. The van der Waals surface area contributed by atoms with Crippen LogP contribution in [-0.4, -0.2) is 12.5 Å². The minimum Gasteiger partial charge on any atom is -0.323 e. The zero-order chi connectivity index (χ0) is 11.4. The Kier molecular flexibility index (Phi) is 4.18. The van der Waals surface area contributed by atoms with Crippen molar-refractivity contribution in [3.05, 3.63) is 33.8 Å². The number of hydrogen-bond donors (Lipinski definition) is 1. The molecule has 5 heteroatoms. The molecule has 2 N–H and O–H groups in total. The molecule has 0 aliphatic carbocycles. The molecule has 1 aromatic carbocycles. The van der Waals surface area contributed by atoms with Crippen LogP contribution in [0, 0.1) is 11.3 Å². The summed E-state index contributed by atoms with van der Waals surface area (Å²) in [4.78, 5) is 0. The standard InChI is InChI=1S/C10H9BrF2N2/c11-8-2-1-6(5-14)3-7(8)4-9(15)10(12)13/h1-3,9-10H,4,15H2. The normalized spacial score (nSPS) is 12.5. The molecule has 0 spiro atoms. The lowest BCUT2D eigenvalue weighted by atomic mass is 10.0. The summed E-state index contributed by atoms with van der Waals surface area (Å²) in [5.41, 5.74) is 6.32. The van der Waals surface area contributed by atoms with Crippen LogP contribution in [0.3, 0.4) is 0 Å². The van der Waals surface area contributed by atoms with Crippen molar-refractivity contribution in [2.75, 3.05) is 0 Å². The number of halogens is 3. The number of nitrogens with two attached hydrogens (primary N) is 1. The number of nitrogens with zero attached hydrogens (tertiary/aromatic N) is 1. The first kappa shape index (κ1) is 12.1. The molecule has 0 amide bonds. The summed E-state index contributed by atoms with van der Waals surface area (Å²) in [6, 6.07) is 5.58. The topological polar surface area (TPSA) is 49.8 Å². The Morgan fingerprint density at radius 2 is 2.13 bits per heavy atom. The summed E-state index contributed by atoms with van der Waals surface area (Å²) < 4.78 is 25.1. The second-order valence-electron chi connectivity index (χ2n) is 3.12. The molecule has 2 nitrogen and oxygen atoms in total. The summed E-state index contributed by atoms with van der Waals surface area (Å²) in [6.45, 7) is 0. The highest BCUT2D eigenvalue weighted by atomic mass is 79.9. The van der Waals surface area contributed by atoms with Crippen LogP contribution >= 0.6 is 15.9 Å². The number of rotatable bonds is 3. The van der Waals surface area contributed by atoms with Crippen molar-refractivity contribution in [3.8, 4) is 6.07 Å². The summed E-state index contributed by atoms with van der Waals surface area (Å²) in [5.74, 6) is 0. The second kappa shape index (κ2) is 5.19. The monoisotopic (exact) mass is 274 g/mol. The van der Waals surface area contributed by atoms with E-state index in [1.54, 1.807) is 18.2 Å². The number of nitriles is 1. The van der Waals surface area contributed by atoms with Crippen molar-refractivity contribution in [2.24, 2.45) is 5.73 Å². The van der Waals surface area contributed by atoms with Crippen molar-refractivity contribution in [3.63, 3.8) is 0 Å². The SMILES string of the molecule is N#Cc1ccc(Br)c(CC(N)C(F)F)c1. The maximum atomic E-state index is 12.2. The van der Waals surface area contributed by atoms with Gasteiger partial charge in [0.1, 0.15) is 0 Å². The van der Waals surface area contributed by atoms with Gasteiger partial charge in [0, 0.05) is 4.47 Å². The van der Waals surface area contributed by atoms with Crippen LogP contribution in [0.15, 0.2) is 22.7 Å². The van der Waals surface area contributed by atoms with Crippen LogP contribution < -0.4 is 5.73 Å². The van der Waals surface area contributed by atoms with Crippen molar-refractivity contribution >= 4 is 15.9 Å². The molecule has 0 saturated carbocycles. The molecule has 1 atom stereocenters. The second-order valence-corrected chi connectivity index (χ2v) is 3.97. The molecule has 0 heterocycles. The lowest BCUT2D eigenvalue weighted by Gasteiger charge is -2.11. The fourth-order valence-electron chi connectivity index (χ4n) is 1.14. The van der Waals surface area contributed by atoms with E-state index in [0.717, 1.165) is 0 Å². The maximum absolute atomic E-state index is 12.2. The number of hydrogen-bond acceptors (Lipinski definition) is 2. The van der Waals surface area contributed by atoms with Crippen molar-refractivity contribution < 1.29 is 8.78 Å². The first-order valence-corrected chi connectivity index (χ1v) is 5.06. The zero-order valence-corrected chi connectivity index (χ0v) is 9.34. The van der Waals surface area contributed by atoms with Gasteiger partial charge in [-0.05, 0) is 30.2 Å². The Morgan fingerprint density at radius 1 is 1.47 bits per heavy atom. The van der Waals surface area contributed by atoms with E-state index in [2.05, 4.69) is 15.9 Å². The van der Waals surface area contributed by atoms with Crippen LogP contribution in [0.25, 0.3) is 0 Å². The van der Waals surface area contributed by atoms with Gasteiger partial charge in [-0.15, -0.1) is 0 Å². The smallest absolute Gasteiger partial charge is 0.253 e. The van der Waals surface area contributed by atoms with Crippen molar-refractivity contribution in [1.29, 1.82) is 5.26 Å². The molecular formula is C10H9BrF2N2. The Labute approximate surface area is 94.8 Å². The summed E-state index contributed by atoms with van der Waals surface area (Å²) in [7, 11) is 0. The molecule has 0 radical (unpaired) electrons. The summed E-state index contributed by atoms with van der Waals surface area (Å²) in [5, 5.41) is 8.65. The van der Waals surface area contributed by atoms with Crippen molar-refractivity contribution in [1.82, 2.24) is 0 Å². The van der Waals surface area contributed by atoms with Crippen molar-refractivity contribution in [2.45, 2.75) is 18.9 Å². The molecule has 0 aromatic heterocycles. The average molecular weight is 275 g/mol. The molecule has 0 bridgehead atoms. The van der Waals surface area contributed by atoms with Gasteiger partial charge in [-0.25, -0.2) is 8.78 Å². The first-order chi connectivity index (χ1) is 7.04. The molecular weight excluding hydrogens is 266 g/mol. The Morgan fingerprint density at radius 3 is 2.67 bits per heavy atom. The molecule has 1 aromatic rings. The van der Waals surface area contributed by atoms with E-state index >= 15 is 0 Å². The Bertz CT molecular complexity index is 387. The summed E-state index contributed by atoms with van der Waals surface area (Å²) in [6.07, 6.45) is -2.50. The third-order valence-electron chi connectivity index (χ3n) is 1.95. The van der Waals surface area contributed by atoms with E-state index in [0.29, 0.717) is 15.6 Å². The highest BCUT2D eigenvalue weighted by Gasteiger charge is 2.17. The Balaban J connectivity index is 2.89. The summed E-state index contributed by atoms with van der Waals surface area (Å²) >= 11 is 3.23. The first-order valence-electron chi connectivity index (χ1n) is 4.27. The quantitative estimate of drug-likeness (QED) is 0.921. The fourth-order valence-corrected chi connectivity index (χ4v) is 1.55. The molecule has 80 valence electrons. The predicted molar refractivity (Wildman–Crippen MR) is 56.5 cm³/mol. The Hall–Kier alpha value is -0.990. The van der Waals surface area contributed by atoms with Gasteiger partial charge < -0.3 is 5.73 Å². The van der Waals surface area contributed by atoms with Gasteiger partial charge in [-0.2, -0.15) is 5.26 Å².